The molecule has 1 amide bonds. The largest absolute Gasteiger partial charge is 0.481 e. The van der Waals surface area contributed by atoms with E-state index in [1.54, 1.807) is 0 Å². The van der Waals surface area contributed by atoms with Gasteiger partial charge in [-0.2, -0.15) is 4.68 Å². The minimum atomic E-state index is -1.05. The lowest BCUT2D eigenvalue weighted by Gasteiger charge is -2.10. The molecular weight excluding hydrogens is 358 g/mol. The van der Waals surface area contributed by atoms with Crippen molar-refractivity contribution in [1.29, 1.82) is 0 Å². The van der Waals surface area contributed by atoms with Gasteiger partial charge >= 0.3 is 5.97 Å². The number of hydrogen-bond acceptors (Lipinski definition) is 7. The maximum Gasteiger partial charge on any atom is 0.303 e. The van der Waals surface area contributed by atoms with Gasteiger partial charge in [0.2, 0.25) is 11.1 Å². The summed E-state index contributed by atoms with van der Waals surface area (Å²) >= 11 is 0.968. The Kier molecular flexibility index (Phi) is 6.34. The molecule has 0 aliphatic carbocycles. The molecule has 4 N–H and O–H groups in total. The minimum absolute atomic E-state index is 0.00677. The van der Waals surface area contributed by atoms with E-state index in [-0.39, 0.29) is 35.4 Å². The van der Waals surface area contributed by atoms with Crippen molar-refractivity contribution in [1.82, 2.24) is 14.9 Å². The summed E-state index contributed by atoms with van der Waals surface area (Å²) in [6, 6.07) is 5.74. The van der Waals surface area contributed by atoms with Gasteiger partial charge in [-0.1, -0.05) is 23.9 Å². The molecule has 1 aromatic heterocycles. The number of aromatic nitrogens is 3. The van der Waals surface area contributed by atoms with Gasteiger partial charge in [-0.3, -0.25) is 14.4 Å². The summed E-state index contributed by atoms with van der Waals surface area (Å²) in [7, 11) is 0. The molecule has 0 saturated carbocycles. The second kappa shape index (κ2) is 8.48. The highest BCUT2D eigenvalue weighted by atomic mass is 32.2. The third-order valence-corrected chi connectivity index (χ3v) is 4.45. The number of thioether (sulfide) groups is 1. The SMILES string of the molecule is Cc1ccc(C)c(NC(=O)CSc2nnc(CCC(=O)O)c(=O)n2N)c1. The van der Waals surface area contributed by atoms with Crippen molar-refractivity contribution in [2.75, 3.05) is 16.9 Å². The molecule has 0 unspecified atom stereocenters. The van der Waals surface area contributed by atoms with Crippen LogP contribution in [-0.2, 0) is 16.0 Å². The number of hydrogen-bond donors (Lipinski definition) is 3. The molecular formula is C16H19N5O4S. The number of nitrogens with two attached hydrogens (primary N) is 1. The van der Waals surface area contributed by atoms with Crippen LogP contribution in [0.5, 0.6) is 0 Å². The van der Waals surface area contributed by atoms with E-state index < -0.39 is 11.5 Å². The van der Waals surface area contributed by atoms with Crippen molar-refractivity contribution in [2.45, 2.75) is 31.8 Å². The van der Waals surface area contributed by atoms with Gasteiger partial charge in [-0.05, 0) is 31.0 Å². The monoisotopic (exact) mass is 377 g/mol. The van der Waals surface area contributed by atoms with Gasteiger partial charge in [-0.25, -0.2) is 0 Å². The Morgan fingerprint density at radius 2 is 2.04 bits per heavy atom. The van der Waals surface area contributed by atoms with Gasteiger partial charge in [0.15, 0.2) is 0 Å². The molecule has 2 rings (SSSR count). The highest BCUT2D eigenvalue weighted by molar-refractivity contribution is 7.99. The number of carbonyl (C=O) groups excluding carboxylic acids is 1. The number of aliphatic carboxylic acids is 1. The van der Waals surface area contributed by atoms with Crippen molar-refractivity contribution in [3.8, 4) is 0 Å². The van der Waals surface area contributed by atoms with E-state index in [9.17, 15) is 14.4 Å². The fourth-order valence-corrected chi connectivity index (χ4v) is 2.74. The van der Waals surface area contributed by atoms with E-state index in [1.165, 1.54) is 0 Å². The molecule has 9 nitrogen and oxygen atoms in total. The van der Waals surface area contributed by atoms with Crippen molar-refractivity contribution < 1.29 is 14.7 Å². The number of nitrogen functional groups attached to an aromatic ring is 1. The Morgan fingerprint density at radius 1 is 1.31 bits per heavy atom. The number of nitrogens with one attached hydrogen (secondary N) is 1. The summed E-state index contributed by atoms with van der Waals surface area (Å²) in [4.78, 5) is 34.7. The number of amides is 1. The van der Waals surface area contributed by atoms with Crippen molar-refractivity contribution >= 4 is 29.3 Å². The molecule has 0 atom stereocenters. The first-order valence-corrected chi connectivity index (χ1v) is 8.72. The smallest absolute Gasteiger partial charge is 0.303 e. The molecule has 26 heavy (non-hydrogen) atoms. The predicted octanol–water partition coefficient (Wildman–Crippen LogP) is 0.717. The fourth-order valence-electron chi connectivity index (χ4n) is 2.09. The van der Waals surface area contributed by atoms with E-state index in [0.29, 0.717) is 0 Å². The summed E-state index contributed by atoms with van der Waals surface area (Å²) in [6.07, 6.45) is -0.301. The Balaban J connectivity index is 2.01. The number of rotatable bonds is 7. The number of carbonyl (C=O) groups is 2. The molecule has 0 fully saturated rings. The molecule has 10 heteroatoms. The first kappa shape index (κ1) is 19.4. The Bertz CT molecular complexity index is 897. The van der Waals surface area contributed by atoms with Gasteiger partial charge < -0.3 is 16.3 Å². The molecule has 0 saturated heterocycles. The molecule has 0 aliphatic heterocycles. The summed E-state index contributed by atoms with van der Waals surface area (Å²) < 4.78 is 0.778. The number of carboxylic acid groups (broad SMARTS) is 1. The maximum absolute atomic E-state index is 12.1. The third kappa shape index (κ3) is 5.06. The first-order valence-electron chi connectivity index (χ1n) is 7.73. The van der Waals surface area contributed by atoms with Crippen molar-refractivity contribution in [2.24, 2.45) is 0 Å². The predicted molar refractivity (Wildman–Crippen MR) is 97.7 cm³/mol. The van der Waals surface area contributed by atoms with Crippen LogP contribution in [-0.4, -0.2) is 37.6 Å². The zero-order valence-corrected chi connectivity index (χ0v) is 15.2. The van der Waals surface area contributed by atoms with Crippen LogP contribution >= 0.6 is 11.8 Å². The van der Waals surface area contributed by atoms with Crippen LogP contribution in [0.1, 0.15) is 23.2 Å². The van der Waals surface area contributed by atoms with Crippen LogP contribution in [0.4, 0.5) is 5.69 Å². The lowest BCUT2D eigenvalue weighted by atomic mass is 10.1. The molecule has 0 spiro atoms. The average molecular weight is 377 g/mol. The van der Waals surface area contributed by atoms with Gasteiger partial charge in [0.25, 0.3) is 5.56 Å². The molecule has 1 heterocycles. The molecule has 138 valence electrons. The van der Waals surface area contributed by atoms with Gasteiger partial charge in [0, 0.05) is 12.1 Å². The standard InChI is InChI=1S/C16H19N5O4S/c1-9-3-4-10(2)12(7-9)18-13(22)8-26-16-20-19-11(5-6-14(23)24)15(25)21(16)17/h3-4,7H,5-6,8,17H2,1-2H3,(H,18,22)(H,23,24). The lowest BCUT2D eigenvalue weighted by molar-refractivity contribution is -0.137. The quantitative estimate of drug-likeness (QED) is 0.473. The number of anilines is 1. The van der Waals surface area contributed by atoms with E-state index in [0.717, 1.165) is 33.3 Å². The van der Waals surface area contributed by atoms with E-state index >= 15 is 0 Å². The number of nitrogens with zero attached hydrogens (tertiary/aromatic N) is 3. The molecule has 1 aromatic carbocycles. The Hall–Kier alpha value is -2.88. The van der Waals surface area contributed by atoms with Crippen LogP contribution in [0.2, 0.25) is 0 Å². The fraction of sp³-hybridized carbons (Fsp3) is 0.312. The summed E-state index contributed by atoms with van der Waals surface area (Å²) in [5.74, 6) is 4.35. The molecule has 0 aliphatic rings. The Morgan fingerprint density at radius 3 is 2.73 bits per heavy atom. The normalized spacial score (nSPS) is 10.5. The third-order valence-electron chi connectivity index (χ3n) is 3.50. The van der Waals surface area contributed by atoms with E-state index in [1.807, 2.05) is 32.0 Å². The van der Waals surface area contributed by atoms with Crippen LogP contribution in [0.15, 0.2) is 28.2 Å². The number of aryl methyl sites for hydroxylation is 3. The molecule has 0 bridgehead atoms. The summed E-state index contributed by atoms with van der Waals surface area (Å²) in [5, 5.41) is 19.1. The average Bonchev–Trinajstić information content (AvgIpc) is 2.58. The lowest BCUT2D eigenvalue weighted by Crippen LogP contribution is -2.34. The summed E-state index contributed by atoms with van der Waals surface area (Å²) in [6.45, 7) is 3.82. The van der Waals surface area contributed by atoms with Crippen LogP contribution in [0.3, 0.4) is 0 Å². The zero-order chi connectivity index (χ0) is 19.3. The van der Waals surface area contributed by atoms with Crippen LogP contribution in [0, 0.1) is 13.8 Å². The highest BCUT2D eigenvalue weighted by Gasteiger charge is 2.14. The first-order chi connectivity index (χ1) is 12.3. The molecule has 2 aromatic rings. The van der Waals surface area contributed by atoms with Crippen molar-refractivity contribution in [3.63, 3.8) is 0 Å². The number of carboxylic acids is 1. The molecule has 0 radical (unpaired) electrons. The topological polar surface area (TPSA) is 140 Å². The second-order valence-electron chi connectivity index (χ2n) is 5.65. The zero-order valence-electron chi connectivity index (χ0n) is 14.4. The second-order valence-corrected chi connectivity index (χ2v) is 6.60. The van der Waals surface area contributed by atoms with Gasteiger partial charge in [0.05, 0.1) is 12.2 Å². The number of benzene rings is 1. The van der Waals surface area contributed by atoms with Crippen molar-refractivity contribution in [3.05, 3.63) is 45.4 Å². The van der Waals surface area contributed by atoms with E-state index in [2.05, 4.69) is 15.5 Å². The minimum Gasteiger partial charge on any atom is -0.481 e. The van der Waals surface area contributed by atoms with Crippen LogP contribution < -0.4 is 16.7 Å². The summed E-state index contributed by atoms with van der Waals surface area (Å²) in [5.41, 5.74) is 2.03. The van der Waals surface area contributed by atoms with Gasteiger partial charge in [0.1, 0.15) is 5.69 Å². The maximum atomic E-state index is 12.1. The van der Waals surface area contributed by atoms with Gasteiger partial charge in [-0.15, -0.1) is 10.2 Å². The van der Waals surface area contributed by atoms with Crippen LogP contribution in [0.25, 0.3) is 0 Å². The Labute approximate surface area is 153 Å². The highest BCUT2D eigenvalue weighted by Crippen LogP contribution is 2.18. The van der Waals surface area contributed by atoms with E-state index in [4.69, 9.17) is 10.9 Å².